The monoisotopic (exact) mass is 626 g/mol. The summed E-state index contributed by atoms with van der Waals surface area (Å²) in [6, 6.07) is 6.18. The molecular weight excluding hydrogens is 600 g/mol. The fourth-order valence-corrected chi connectivity index (χ4v) is 6.02. The molecule has 2 aliphatic rings. The lowest BCUT2D eigenvalue weighted by Crippen LogP contribution is -2.50. The van der Waals surface area contributed by atoms with E-state index in [0.717, 1.165) is 22.3 Å². The van der Waals surface area contributed by atoms with E-state index in [0.29, 0.717) is 33.6 Å². The number of carbonyl (C=O) groups is 3. The average molecular weight is 628 g/mol. The molecule has 212 valence electrons. The zero-order chi connectivity index (χ0) is 29.9. The molecule has 4 aromatic rings. The summed E-state index contributed by atoms with van der Waals surface area (Å²) in [4.78, 5) is 54.4. The number of pyridine rings is 1. The highest BCUT2D eigenvalue weighted by atomic mass is 79.9. The maximum Gasteiger partial charge on any atom is 0.269 e. The smallest absolute Gasteiger partial charge is 0.269 e. The van der Waals surface area contributed by atoms with Crippen LogP contribution in [0.25, 0.3) is 22.0 Å². The molecule has 0 unspecified atom stereocenters. The topological polar surface area (TPSA) is 149 Å². The van der Waals surface area contributed by atoms with E-state index in [1.807, 2.05) is 32.9 Å². The molecular formula is C30H27BrN8O3. The number of carbonyl (C=O) groups excluding carboxylic acids is 3. The normalized spacial score (nSPS) is 20.5. The lowest BCUT2D eigenvalue weighted by atomic mass is 9.76. The zero-order valence-corrected chi connectivity index (χ0v) is 25.0. The van der Waals surface area contributed by atoms with Gasteiger partial charge in [0.1, 0.15) is 34.9 Å². The van der Waals surface area contributed by atoms with Gasteiger partial charge in [0.05, 0.1) is 10.9 Å². The Balaban J connectivity index is 1.34. The van der Waals surface area contributed by atoms with Crippen LogP contribution in [-0.2, 0) is 16.1 Å². The van der Waals surface area contributed by atoms with Gasteiger partial charge in [0, 0.05) is 23.3 Å². The van der Waals surface area contributed by atoms with Crippen LogP contribution in [0, 0.1) is 38.0 Å². The van der Waals surface area contributed by atoms with Gasteiger partial charge in [0.2, 0.25) is 11.8 Å². The van der Waals surface area contributed by atoms with Crippen molar-refractivity contribution in [1.29, 1.82) is 0 Å². The van der Waals surface area contributed by atoms with Crippen LogP contribution in [0.3, 0.4) is 0 Å². The van der Waals surface area contributed by atoms with Crippen LogP contribution in [0.2, 0.25) is 0 Å². The fraction of sp³-hybridized carbons (Fsp3) is 0.300. The summed E-state index contributed by atoms with van der Waals surface area (Å²) in [5.41, 5.74) is 9.02. The third kappa shape index (κ3) is 4.59. The van der Waals surface area contributed by atoms with Crippen LogP contribution in [0.4, 0.5) is 5.82 Å². The van der Waals surface area contributed by atoms with E-state index in [9.17, 15) is 14.4 Å². The van der Waals surface area contributed by atoms with Crippen molar-refractivity contribution in [2.24, 2.45) is 11.1 Å². The standard InChI is InChI=1S/C30H27BrN8O3/c1-15-5-6-23(31)35-28(15)36-29(42)21-11-30(4)8-7-22(30)39(21)24(40)14-38-26-16(2)9-18(19-12-33-17(3)34-13-19)10-20(26)25(37-38)27(32)41/h5-6,9-10,12-13,21-22H,11,14H2,1-4H3,(H2,32,41)(H,35,36,42)/t21-,22+,30+/m0/s1. The number of likely N-dealkylation sites (tertiary alicyclic amines) is 1. The molecule has 1 saturated heterocycles. The Morgan fingerprint density at radius 1 is 1.12 bits per heavy atom. The number of fused-ring (bicyclic) bond motifs is 2. The van der Waals surface area contributed by atoms with Crippen molar-refractivity contribution in [3.8, 4) is 23.0 Å². The lowest BCUT2D eigenvalue weighted by Gasteiger charge is -2.34. The summed E-state index contributed by atoms with van der Waals surface area (Å²) in [7, 11) is 0. The molecule has 0 radical (unpaired) electrons. The van der Waals surface area contributed by atoms with E-state index in [4.69, 9.17) is 5.73 Å². The molecule has 3 N–H and O–H groups in total. The van der Waals surface area contributed by atoms with Crippen LogP contribution in [0.1, 0.15) is 40.8 Å². The molecule has 1 aliphatic carbocycles. The third-order valence-electron chi connectivity index (χ3n) is 7.89. The first-order valence-corrected chi connectivity index (χ1v) is 14.1. The van der Waals surface area contributed by atoms with Gasteiger partial charge in [-0.3, -0.25) is 19.1 Å². The molecule has 11 nitrogen and oxygen atoms in total. The maximum absolute atomic E-state index is 14.0. The molecule has 0 spiro atoms. The molecule has 42 heavy (non-hydrogen) atoms. The Kier molecular flexibility index (Phi) is 6.57. The van der Waals surface area contributed by atoms with Gasteiger partial charge < -0.3 is 16.0 Å². The number of amides is 3. The minimum atomic E-state index is -0.776. The first kappa shape index (κ1) is 27.5. The molecule has 0 bridgehead atoms. The largest absolute Gasteiger partial charge is 0.364 e. The molecule has 1 aliphatic heterocycles. The minimum absolute atomic E-state index is 0.0518. The number of aromatic nitrogens is 5. The number of benzene rings is 1. The number of nitrogens with one attached hydrogen (secondary N) is 1. The van der Waals surface area contributed by atoms with E-state index >= 15 is 0 Å². The summed E-state index contributed by atoms with van der Waals surface area (Å²) >= 11 is 3.34. The van der Waals surface area contributed by atoms with Gasteiger partial charge in [0.25, 0.3) is 5.91 Å². The number of hydrogen-bond donors (Lipinski definition) is 2. The number of nitrogens with two attached hydrogens (primary N) is 1. The number of aryl methyl sites for hydroxylation is 3. The van der Waals surface area contributed by atoms with Gasteiger partial charge >= 0.3 is 0 Å². The Bertz CT molecular complexity index is 1870. The van der Waals surface area contributed by atoms with Crippen molar-refractivity contribution in [3.63, 3.8) is 0 Å². The summed E-state index contributed by atoms with van der Waals surface area (Å²) in [5.74, 6) is 5.88. The summed E-state index contributed by atoms with van der Waals surface area (Å²) in [6.45, 7) is 7.28. The van der Waals surface area contributed by atoms with Crippen LogP contribution < -0.4 is 11.1 Å². The average Bonchev–Trinajstić information content (AvgIpc) is 3.40. The van der Waals surface area contributed by atoms with Crippen LogP contribution >= 0.6 is 15.9 Å². The number of halogens is 1. The van der Waals surface area contributed by atoms with Crippen LogP contribution in [0.15, 0.2) is 41.3 Å². The van der Waals surface area contributed by atoms with E-state index in [-0.39, 0.29) is 24.1 Å². The lowest BCUT2D eigenvalue weighted by molar-refractivity contribution is -0.138. The highest BCUT2D eigenvalue weighted by Crippen LogP contribution is 2.45. The number of primary amides is 1. The van der Waals surface area contributed by atoms with Crippen LogP contribution in [0.5, 0.6) is 0 Å². The van der Waals surface area contributed by atoms with Gasteiger partial charge in [0.15, 0.2) is 5.69 Å². The van der Waals surface area contributed by atoms with Crippen molar-refractivity contribution < 1.29 is 14.4 Å². The first-order chi connectivity index (χ1) is 19.9. The van der Waals surface area contributed by atoms with E-state index in [1.54, 1.807) is 36.4 Å². The van der Waals surface area contributed by atoms with Crippen molar-refractivity contribution in [2.45, 2.75) is 52.7 Å². The number of nitrogens with zero attached hydrogens (tertiary/aromatic N) is 6. The summed E-state index contributed by atoms with van der Waals surface area (Å²) in [6.07, 6.45) is 3.81. The molecule has 12 heteroatoms. The third-order valence-corrected chi connectivity index (χ3v) is 8.33. The second-order valence-electron chi connectivity index (χ2n) is 11.0. The second-order valence-corrected chi connectivity index (χ2v) is 11.8. The molecule has 1 aromatic carbocycles. The molecule has 3 aromatic heterocycles. The Hall–Kier alpha value is -4.63. The quantitative estimate of drug-likeness (QED) is 0.246. The summed E-state index contributed by atoms with van der Waals surface area (Å²) in [5, 5.41) is 7.87. The number of anilines is 1. The maximum atomic E-state index is 14.0. The molecule has 3 amide bonds. The van der Waals surface area contributed by atoms with Crippen molar-refractivity contribution in [3.05, 3.63) is 63.9 Å². The molecule has 3 atom stereocenters. The Morgan fingerprint density at radius 3 is 2.52 bits per heavy atom. The van der Waals surface area contributed by atoms with Gasteiger partial charge in [-0.2, -0.15) is 5.10 Å². The number of rotatable bonds is 6. The predicted octanol–water partition coefficient (Wildman–Crippen LogP) is 3.31. The van der Waals surface area contributed by atoms with E-state index in [1.165, 1.54) is 4.68 Å². The molecule has 0 saturated carbocycles. The SMILES string of the molecule is Cc1ncc(-c2cc(C)c3c(c2)c(C(N)=O)nn3CC(=O)N2[C@H](C(=O)Nc3nc(Br)ccc3C)C[C@@]3(C)C#C[C@@H]23)cn1. The van der Waals surface area contributed by atoms with Crippen molar-refractivity contribution >= 4 is 50.4 Å². The predicted molar refractivity (Wildman–Crippen MR) is 159 cm³/mol. The van der Waals surface area contributed by atoms with Gasteiger partial charge in [-0.25, -0.2) is 15.0 Å². The Morgan fingerprint density at radius 2 is 1.86 bits per heavy atom. The summed E-state index contributed by atoms with van der Waals surface area (Å²) < 4.78 is 2.07. The number of hydrogen-bond acceptors (Lipinski definition) is 7. The van der Waals surface area contributed by atoms with E-state index < -0.39 is 23.4 Å². The molecule has 1 fully saturated rings. The second kappa shape index (κ2) is 10.0. The van der Waals surface area contributed by atoms with Crippen molar-refractivity contribution in [1.82, 2.24) is 29.6 Å². The zero-order valence-electron chi connectivity index (χ0n) is 23.4. The van der Waals surface area contributed by atoms with Crippen molar-refractivity contribution in [2.75, 3.05) is 5.32 Å². The van der Waals surface area contributed by atoms with Gasteiger partial charge in [-0.1, -0.05) is 17.9 Å². The Labute approximate surface area is 250 Å². The first-order valence-electron chi connectivity index (χ1n) is 13.3. The fourth-order valence-electron chi connectivity index (χ4n) is 5.71. The molecule has 6 rings (SSSR count). The van der Waals surface area contributed by atoms with Gasteiger partial charge in [-0.15, -0.1) is 0 Å². The minimum Gasteiger partial charge on any atom is -0.364 e. The highest BCUT2D eigenvalue weighted by Gasteiger charge is 2.56. The highest BCUT2D eigenvalue weighted by molar-refractivity contribution is 9.10. The molecule has 4 heterocycles. The van der Waals surface area contributed by atoms with Crippen LogP contribution in [-0.4, -0.2) is 59.4 Å². The van der Waals surface area contributed by atoms with Gasteiger partial charge in [-0.05, 0) is 84.9 Å². The van der Waals surface area contributed by atoms with E-state index in [2.05, 4.69) is 53.1 Å².